The molecular formula is C10H10N2O2S. The predicted molar refractivity (Wildman–Crippen MR) is 56.5 cm³/mol. The highest BCUT2D eigenvalue weighted by Gasteiger charge is 2.11. The van der Waals surface area contributed by atoms with Gasteiger partial charge >= 0.3 is 5.97 Å². The molecular weight excluding hydrogens is 212 g/mol. The Hall–Kier alpha value is -1.54. The number of carboxylic acid groups (broad SMARTS) is 1. The molecule has 0 spiro atoms. The third-order valence-electron chi connectivity index (χ3n) is 1.70. The summed E-state index contributed by atoms with van der Waals surface area (Å²) in [6, 6.07) is 3.67. The molecule has 1 heterocycles. The average molecular weight is 222 g/mol. The summed E-state index contributed by atoms with van der Waals surface area (Å²) in [6.45, 7) is 1.81. The molecule has 0 radical (unpaired) electrons. The number of nitriles is 1. The van der Waals surface area contributed by atoms with Crippen LogP contribution in [0.4, 0.5) is 0 Å². The smallest absolute Gasteiger partial charge is 0.304 e. The lowest BCUT2D eigenvalue weighted by molar-refractivity contribution is -0.136. The zero-order valence-corrected chi connectivity index (χ0v) is 8.99. The number of rotatable bonds is 4. The maximum absolute atomic E-state index is 10.5. The number of nitrogens with zero attached hydrogens (tertiary/aromatic N) is 2. The summed E-state index contributed by atoms with van der Waals surface area (Å²) < 4.78 is 0. The number of carboxylic acids is 1. The van der Waals surface area contributed by atoms with Gasteiger partial charge in [-0.3, -0.25) is 9.78 Å². The van der Waals surface area contributed by atoms with Crippen LogP contribution in [-0.4, -0.2) is 21.3 Å². The van der Waals surface area contributed by atoms with Gasteiger partial charge in [0.2, 0.25) is 0 Å². The quantitative estimate of drug-likeness (QED) is 0.787. The third-order valence-corrected chi connectivity index (χ3v) is 2.84. The second kappa shape index (κ2) is 5.37. The molecule has 1 atom stereocenters. The summed E-state index contributed by atoms with van der Waals surface area (Å²) in [6.07, 6.45) is 3.20. The van der Waals surface area contributed by atoms with E-state index in [1.807, 2.05) is 13.0 Å². The van der Waals surface area contributed by atoms with Crippen molar-refractivity contribution in [2.75, 3.05) is 0 Å². The Kier molecular flexibility index (Phi) is 4.13. The minimum Gasteiger partial charge on any atom is -0.481 e. The first-order valence-corrected chi connectivity index (χ1v) is 5.24. The zero-order valence-electron chi connectivity index (χ0n) is 8.17. The molecule has 0 bridgehead atoms. The van der Waals surface area contributed by atoms with Crippen molar-refractivity contribution in [2.45, 2.75) is 23.5 Å². The molecule has 1 N–H and O–H groups in total. The van der Waals surface area contributed by atoms with E-state index in [1.165, 1.54) is 11.8 Å². The Morgan fingerprint density at radius 1 is 1.80 bits per heavy atom. The van der Waals surface area contributed by atoms with Gasteiger partial charge in [-0.15, -0.1) is 11.8 Å². The van der Waals surface area contributed by atoms with Gasteiger partial charge in [0.15, 0.2) is 0 Å². The molecule has 0 aliphatic rings. The summed E-state index contributed by atoms with van der Waals surface area (Å²) in [5.41, 5.74) is 0.534. The fourth-order valence-electron chi connectivity index (χ4n) is 1.07. The third kappa shape index (κ3) is 3.60. The number of thioether (sulfide) groups is 1. The summed E-state index contributed by atoms with van der Waals surface area (Å²) >= 11 is 1.36. The summed E-state index contributed by atoms with van der Waals surface area (Å²) in [7, 11) is 0. The minimum atomic E-state index is -0.836. The highest BCUT2D eigenvalue weighted by molar-refractivity contribution is 8.00. The number of hydrogen-bond donors (Lipinski definition) is 1. The lowest BCUT2D eigenvalue weighted by Gasteiger charge is -2.08. The highest BCUT2D eigenvalue weighted by atomic mass is 32.2. The summed E-state index contributed by atoms with van der Waals surface area (Å²) in [4.78, 5) is 15.1. The van der Waals surface area contributed by atoms with E-state index < -0.39 is 5.97 Å². The minimum absolute atomic E-state index is 0.0706. The van der Waals surface area contributed by atoms with Gasteiger partial charge < -0.3 is 5.11 Å². The lowest BCUT2D eigenvalue weighted by Crippen LogP contribution is -2.05. The normalized spacial score (nSPS) is 11.7. The molecule has 1 rings (SSSR count). The van der Waals surface area contributed by atoms with Crippen LogP contribution in [0.25, 0.3) is 0 Å². The maximum atomic E-state index is 10.5. The van der Waals surface area contributed by atoms with E-state index in [9.17, 15) is 4.79 Å². The van der Waals surface area contributed by atoms with Crippen molar-refractivity contribution >= 4 is 17.7 Å². The van der Waals surface area contributed by atoms with Gasteiger partial charge in [-0.05, 0) is 6.07 Å². The highest BCUT2D eigenvalue weighted by Crippen LogP contribution is 2.27. The van der Waals surface area contributed by atoms with Crippen molar-refractivity contribution in [3.63, 3.8) is 0 Å². The Bertz CT molecular complexity index is 401. The van der Waals surface area contributed by atoms with E-state index in [0.29, 0.717) is 5.56 Å². The Morgan fingerprint density at radius 3 is 3.13 bits per heavy atom. The molecule has 0 fully saturated rings. The largest absolute Gasteiger partial charge is 0.481 e. The molecule has 1 unspecified atom stereocenters. The molecule has 0 aromatic carbocycles. The van der Waals surface area contributed by atoms with Crippen LogP contribution in [0.5, 0.6) is 0 Å². The second-order valence-corrected chi connectivity index (χ2v) is 4.49. The van der Waals surface area contributed by atoms with Gasteiger partial charge in [0.25, 0.3) is 0 Å². The van der Waals surface area contributed by atoms with Crippen LogP contribution in [0.15, 0.2) is 23.4 Å². The molecule has 0 amide bonds. The first-order valence-electron chi connectivity index (χ1n) is 4.36. The van der Waals surface area contributed by atoms with Gasteiger partial charge in [0.1, 0.15) is 6.07 Å². The molecule has 15 heavy (non-hydrogen) atoms. The van der Waals surface area contributed by atoms with E-state index in [4.69, 9.17) is 10.4 Å². The predicted octanol–water partition coefficient (Wildman–Crippen LogP) is 1.91. The van der Waals surface area contributed by atoms with E-state index in [2.05, 4.69) is 4.98 Å². The van der Waals surface area contributed by atoms with Crippen molar-refractivity contribution in [1.82, 2.24) is 4.98 Å². The van der Waals surface area contributed by atoms with Crippen LogP contribution >= 0.6 is 11.8 Å². The summed E-state index contributed by atoms with van der Waals surface area (Å²) in [5.74, 6) is -0.836. The molecule has 78 valence electrons. The van der Waals surface area contributed by atoms with E-state index >= 15 is 0 Å². The number of carbonyl (C=O) groups is 1. The first kappa shape index (κ1) is 11.5. The SMILES string of the molecule is CC(CC(=O)O)Sc1cnccc1C#N. The summed E-state index contributed by atoms with van der Waals surface area (Å²) in [5, 5.41) is 17.3. The van der Waals surface area contributed by atoms with Crippen LogP contribution < -0.4 is 0 Å². The molecule has 5 heteroatoms. The fourth-order valence-corrected chi connectivity index (χ4v) is 2.09. The van der Waals surface area contributed by atoms with Gasteiger partial charge in [0.05, 0.1) is 12.0 Å². The number of aromatic nitrogens is 1. The topological polar surface area (TPSA) is 74.0 Å². The van der Waals surface area contributed by atoms with Gasteiger partial charge in [-0.25, -0.2) is 0 Å². The van der Waals surface area contributed by atoms with Crippen molar-refractivity contribution in [2.24, 2.45) is 0 Å². The number of aliphatic carboxylic acids is 1. The van der Waals surface area contributed by atoms with Crippen LogP contribution in [0.1, 0.15) is 18.9 Å². The molecule has 1 aromatic heterocycles. The van der Waals surface area contributed by atoms with Crippen LogP contribution in [-0.2, 0) is 4.79 Å². The first-order chi connectivity index (χ1) is 7.13. The lowest BCUT2D eigenvalue weighted by atomic mass is 10.3. The van der Waals surface area contributed by atoms with Gasteiger partial charge in [-0.2, -0.15) is 5.26 Å². The Labute approximate surface area is 91.9 Å². The molecule has 0 saturated carbocycles. The Balaban J connectivity index is 2.72. The van der Waals surface area contributed by atoms with Crippen LogP contribution in [0, 0.1) is 11.3 Å². The molecule has 0 saturated heterocycles. The van der Waals surface area contributed by atoms with Gasteiger partial charge in [-0.1, -0.05) is 6.92 Å². The monoisotopic (exact) mass is 222 g/mol. The standard InChI is InChI=1S/C10H10N2O2S/c1-7(4-10(13)14)15-9-6-12-3-2-8(9)5-11/h2-3,6-7H,4H2,1H3,(H,13,14). The van der Waals surface area contributed by atoms with Crippen LogP contribution in [0.3, 0.4) is 0 Å². The van der Waals surface area contributed by atoms with Crippen molar-refractivity contribution in [3.05, 3.63) is 24.0 Å². The second-order valence-electron chi connectivity index (χ2n) is 3.01. The maximum Gasteiger partial charge on any atom is 0.304 e. The molecule has 0 aliphatic heterocycles. The van der Waals surface area contributed by atoms with Crippen molar-refractivity contribution < 1.29 is 9.90 Å². The van der Waals surface area contributed by atoms with Crippen molar-refractivity contribution in [3.8, 4) is 6.07 Å². The molecule has 1 aromatic rings. The average Bonchev–Trinajstić information content (AvgIpc) is 2.17. The van der Waals surface area contributed by atoms with Crippen molar-refractivity contribution in [1.29, 1.82) is 5.26 Å². The zero-order chi connectivity index (χ0) is 11.3. The number of hydrogen-bond acceptors (Lipinski definition) is 4. The Morgan fingerprint density at radius 2 is 2.53 bits per heavy atom. The van der Waals surface area contributed by atoms with Crippen LogP contribution in [0.2, 0.25) is 0 Å². The van der Waals surface area contributed by atoms with E-state index in [1.54, 1.807) is 18.5 Å². The molecule has 0 aliphatic carbocycles. The molecule has 4 nitrogen and oxygen atoms in total. The van der Waals surface area contributed by atoms with E-state index in [-0.39, 0.29) is 11.7 Å². The number of pyridine rings is 1. The fraction of sp³-hybridized carbons (Fsp3) is 0.300. The van der Waals surface area contributed by atoms with Gasteiger partial charge in [0, 0.05) is 22.5 Å². The van der Waals surface area contributed by atoms with E-state index in [0.717, 1.165) is 4.90 Å².